The molecule has 1 aromatic rings. The Morgan fingerprint density at radius 1 is 1.38 bits per heavy atom. The van der Waals surface area contributed by atoms with Crippen LogP contribution in [0.1, 0.15) is 0 Å². The number of hydrogen-bond acceptors (Lipinski definition) is 2. The fraction of sp³-hybridized carbons (Fsp3) is 0. The molecule has 0 saturated carbocycles. The third-order valence-corrected chi connectivity index (χ3v) is 1.32. The average Bonchev–Trinajstić information content (AvgIpc) is 2.04. The van der Waals surface area contributed by atoms with E-state index in [0.717, 1.165) is 18.4 Å². The number of hydrogen-bond donors (Lipinski definition) is 0. The number of benzene rings is 1. The highest BCUT2D eigenvalue weighted by atomic mass is 19.4. The Morgan fingerprint density at radius 2 is 2.08 bits per heavy atom. The van der Waals surface area contributed by atoms with Crippen LogP contribution in [0.3, 0.4) is 0 Å². The summed E-state index contributed by atoms with van der Waals surface area (Å²) in [5.41, 5.74) is -0.795. The zero-order chi connectivity index (χ0) is 9.84. The Labute approximate surface area is 72.7 Å². The molecule has 0 aromatic heterocycles. The second-order valence-corrected chi connectivity index (χ2v) is 2.13. The summed E-state index contributed by atoms with van der Waals surface area (Å²) in [6.45, 7) is 3.24. The van der Waals surface area contributed by atoms with Gasteiger partial charge in [0, 0.05) is 6.07 Å². The third kappa shape index (κ3) is 2.14. The van der Waals surface area contributed by atoms with Crippen molar-refractivity contribution in [3.63, 3.8) is 0 Å². The van der Waals surface area contributed by atoms with Crippen LogP contribution in [0.25, 0.3) is 0 Å². The Balaban J connectivity index is 2.98. The van der Waals surface area contributed by atoms with Gasteiger partial charge in [0.1, 0.15) is 11.4 Å². The molecule has 0 heterocycles. The van der Waals surface area contributed by atoms with E-state index in [9.17, 15) is 13.4 Å². The zero-order valence-electron chi connectivity index (χ0n) is 6.51. The smallest absolute Gasteiger partial charge is 0.155 e. The third-order valence-electron chi connectivity index (χ3n) is 1.32. The van der Waals surface area contributed by atoms with Crippen LogP contribution in [-0.4, -0.2) is 0 Å². The van der Waals surface area contributed by atoms with E-state index in [1.807, 2.05) is 0 Å². The van der Waals surface area contributed by atoms with Gasteiger partial charge < -0.3 is 4.74 Å². The molecule has 13 heavy (non-hydrogen) atoms. The highest BCUT2D eigenvalue weighted by Gasteiger charge is 2.10. The van der Waals surface area contributed by atoms with E-state index >= 15 is 0 Å². The molecular weight excluding hydrogens is 183 g/mol. The van der Waals surface area contributed by atoms with Gasteiger partial charge in [-0.15, -0.1) is 0 Å². The van der Waals surface area contributed by atoms with Gasteiger partial charge in [0.15, 0.2) is 5.82 Å². The van der Waals surface area contributed by atoms with E-state index in [-0.39, 0.29) is 5.75 Å². The van der Waals surface area contributed by atoms with Crippen molar-refractivity contribution in [3.05, 3.63) is 36.9 Å². The first-order valence-corrected chi connectivity index (χ1v) is 3.34. The molecule has 1 aromatic carbocycles. The molecule has 0 saturated heterocycles. The highest BCUT2D eigenvalue weighted by molar-refractivity contribution is 5.46. The van der Waals surface area contributed by atoms with E-state index in [4.69, 9.17) is 0 Å². The van der Waals surface area contributed by atoms with Crippen molar-refractivity contribution in [2.24, 2.45) is 0 Å². The van der Waals surface area contributed by atoms with Crippen molar-refractivity contribution < 1.29 is 18.1 Å². The summed E-state index contributed by atoms with van der Waals surface area (Å²) in [6, 6.07) is 2.98. The zero-order valence-corrected chi connectivity index (χ0v) is 6.51. The fourth-order valence-corrected chi connectivity index (χ4v) is 0.794. The average molecular weight is 189 g/mol. The monoisotopic (exact) mass is 189 g/mol. The highest BCUT2D eigenvalue weighted by Crippen LogP contribution is 2.24. The van der Waals surface area contributed by atoms with Crippen LogP contribution < -0.4 is 10.1 Å². The number of rotatable bonds is 3. The molecule has 1 rings (SSSR count). The number of nitrogens with zero attached hydrogens (tertiary/aromatic N) is 1. The van der Waals surface area contributed by atoms with Gasteiger partial charge in [0.2, 0.25) is 0 Å². The standard InChI is InChI=1S/C8H6F3NO/c1-2-13-6-3-4-8(12(10)11)7(9)5-6/h2-5H,1H2. The molecule has 0 aliphatic carbocycles. The molecule has 70 valence electrons. The van der Waals surface area contributed by atoms with Crippen LogP contribution in [0, 0.1) is 5.82 Å². The van der Waals surface area contributed by atoms with Crippen LogP contribution in [0.5, 0.6) is 5.75 Å². The van der Waals surface area contributed by atoms with E-state index in [2.05, 4.69) is 11.3 Å². The Morgan fingerprint density at radius 3 is 2.54 bits per heavy atom. The lowest BCUT2D eigenvalue weighted by molar-refractivity contribution is 0.231. The molecule has 0 spiro atoms. The Kier molecular flexibility index (Phi) is 2.79. The predicted octanol–water partition coefficient (Wildman–Crippen LogP) is 2.92. The van der Waals surface area contributed by atoms with Gasteiger partial charge in [-0.2, -0.15) is 0 Å². The van der Waals surface area contributed by atoms with E-state index in [1.165, 1.54) is 6.07 Å². The molecule has 0 atom stereocenters. The second kappa shape index (κ2) is 3.84. The largest absolute Gasteiger partial charge is 0.466 e. The molecule has 0 amide bonds. The molecule has 0 N–H and O–H groups in total. The van der Waals surface area contributed by atoms with E-state index < -0.39 is 16.8 Å². The first kappa shape index (κ1) is 9.44. The van der Waals surface area contributed by atoms with Gasteiger partial charge in [0.25, 0.3) is 0 Å². The Bertz CT molecular complexity index is 314. The lowest BCUT2D eigenvalue weighted by Gasteiger charge is -2.05. The van der Waals surface area contributed by atoms with Gasteiger partial charge in [-0.05, 0) is 17.5 Å². The summed E-state index contributed by atoms with van der Waals surface area (Å²) in [4.78, 5) is 0. The van der Waals surface area contributed by atoms with Crippen molar-refractivity contribution >= 4 is 5.69 Å². The van der Waals surface area contributed by atoms with Crippen LogP contribution in [0.4, 0.5) is 19.0 Å². The summed E-state index contributed by atoms with van der Waals surface area (Å²) >= 11 is 0. The summed E-state index contributed by atoms with van der Waals surface area (Å²) in [7, 11) is 0. The normalized spacial score (nSPS) is 9.46. The summed E-state index contributed by atoms with van der Waals surface area (Å²) in [5.74, 6) is -0.928. The maximum absolute atomic E-state index is 12.8. The molecule has 2 nitrogen and oxygen atoms in total. The minimum Gasteiger partial charge on any atom is -0.466 e. The first-order chi connectivity index (χ1) is 6.15. The minimum atomic E-state index is -1.30. The molecule has 0 unspecified atom stereocenters. The van der Waals surface area contributed by atoms with Crippen LogP contribution in [-0.2, 0) is 0 Å². The van der Waals surface area contributed by atoms with Crippen molar-refractivity contribution in [2.45, 2.75) is 0 Å². The fourth-order valence-electron chi connectivity index (χ4n) is 0.794. The van der Waals surface area contributed by atoms with Crippen molar-refractivity contribution in [2.75, 3.05) is 5.34 Å². The lowest BCUT2D eigenvalue weighted by Crippen LogP contribution is -1.98. The van der Waals surface area contributed by atoms with Gasteiger partial charge >= 0.3 is 0 Å². The van der Waals surface area contributed by atoms with Crippen molar-refractivity contribution in [1.29, 1.82) is 0 Å². The number of anilines is 1. The first-order valence-electron chi connectivity index (χ1n) is 3.34. The molecular formula is C8H6F3NO. The van der Waals surface area contributed by atoms with E-state index in [0.29, 0.717) is 0 Å². The molecule has 0 aliphatic heterocycles. The quantitative estimate of drug-likeness (QED) is 0.535. The summed E-state index contributed by atoms with van der Waals surface area (Å²) in [6.07, 6.45) is 1.08. The van der Waals surface area contributed by atoms with Crippen LogP contribution in [0.15, 0.2) is 31.0 Å². The molecule has 0 aliphatic rings. The maximum atomic E-state index is 12.8. The molecule has 0 radical (unpaired) electrons. The van der Waals surface area contributed by atoms with Crippen molar-refractivity contribution in [3.8, 4) is 5.75 Å². The van der Waals surface area contributed by atoms with Gasteiger partial charge in [0.05, 0.1) is 6.26 Å². The Hall–Kier alpha value is -1.65. The van der Waals surface area contributed by atoms with Gasteiger partial charge in [-0.3, -0.25) is 0 Å². The maximum Gasteiger partial charge on any atom is 0.155 e. The van der Waals surface area contributed by atoms with Crippen molar-refractivity contribution in [1.82, 2.24) is 0 Å². The number of halogens is 3. The van der Waals surface area contributed by atoms with E-state index in [1.54, 1.807) is 0 Å². The van der Waals surface area contributed by atoms with Gasteiger partial charge in [-0.25, -0.2) is 4.39 Å². The topological polar surface area (TPSA) is 12.5 Å². The second-order valence-electron chi connectivity index (χ2n) is 2.13. The van der Waals surface area contributed by atoms with Crippen LogP contribution in [0.2, 0.25) is 0 Å². The predicted molar refractivity (Wildman–Crippen MR) is 41.9 cm³/mol. The molecule has 5 heteroatoms. The summed E-state index contributed by atoms with van der Waals surface area (Å²) in [5, 5.41) is -1.30. The van der Waals surface area contributed by atoms with Crippen LogP contribution >= 0.6 is 0 Å². The number of ether oxygens (including phenoxy) is 1. The molecule has 0 fully saturated rings. The summed E-state index contributed by atoms with van der Waals surface area (Å²) < 4.78 is 41.2. The lowest BCUT2D eigenvalue weighted by atomic mass is 10.3. The molecule has 0 bridgehead atoms. The van der Waals surface area contributed by atoms with Gasteiger partial charge in [-0.1, -0.05) is 15.5 Å². The minimum absolute atomic E-state index is 0.123. The SMILES string of the molecule is C=COc1ccc(N(F)F)c(F)c1.